The van der Waals surface area contributed by atoms with E-state index in [4.69, 9.17) is 3.63 Å². The van der Waals surface area contributed by atoms with Crippen LogP contribution >= 0.6 is 24.1 Å². The van der Waals surface area contributed by atoms with Crippen molar-refractivity contribution < 1.29 is 13.8 Å². The summed E-state index contributed by atoms with van der Waals surface area (Å²) in [6, 6.07) is 8.09. The zero-order valence-electron chi connectivity index (χ0n) is 22.4. The first-order valence-corrected chi connectivity index (χ1v) is 13.0. The molecule has 0 aliphatic carbocycles. The fourth-order valence-electron chi connectivity index (χ4n) is 3.69. The van der Waals surface area contributed by atoms with Crippen LogP contribution in [0.1, 0.15) is 105 Å². The lowest BCUT2D eigenvalue weighted by atomic mass is 9.79. The lowest BCUT2D eigenvalue weighted by Gasteiger charge is -2.28. The Bertz CT molecular complexity index is 846. The second-order valence-corrected chi connectivity index (χ2v) is 14.8. The van der Waals surface area contributed by atoms with Gasteiger partial charge in [0.15, 0.2) is 0 Å². The Balaban J connectivity index is 2.39. The molecule has 2 aromatic carbocycles. The van der Waals surface area contributed by atoms with Crippen LogP contribution in [0.25, 0.3) is 0 Å². The van der Waals surface area contributed by atoms with Crippen molar-refractivity contribution in [3.05, 3.63) is 46.5 Å². The molecule has 0 saturated heterocycles. The highest BCUT2D eigenvalue weighted by molar-refractivity contribution is 8.07. The average molecular weight is 491 g/mol. The van der Waals surface area contributed by atoms with E-state index < -0.39 is 0 Å². The minimum absolute atomic E-state index is 0.187. The van der Waals surface area contributed by atoms with E-state index in [2.05, 4.69) is 83.1 Å². The minimum atomic E-state index is -0.187. The summed E-state index contributed by atoms with van der Waals surface area (Å²) in [5, 5.41) is 21.9. The SMILES string of the molecule is CC(C)(C)c1cc(SOSc2cc(C(C)(C)C)c(O)c(C(C)(C)C)c2)cc(C(C)(C)C)c1O. The third kappa shape index (κ3) is 6.86. The van der Waals surface area contributed by atoms with Crippen LogP contribution < -0.4 is 0 Å². The summed E-state index contributed by atoms with van der Waals surface area (Å²) >= 11 is 2.61. The monoisotopic (exact) mass is 490 g/mol. The Labute approximate surface area is 210 Å². The third-order valence-electron chi connectivity index (χ3n) is 5.66. The summed E-state index contributed by atoms with van der Waals surface area (Å²) in [5.74, 6) is 0.741. The molecule has 0 aromatic heterocycles. The van der Waals surface area contributed by atoms with Gasteiger partial charge in [0.1, 0.15) is 11.5 Å². The Kier molecular flexibility index (Phi) is 7.95. The molecule has 2 rings (SSSR count). The quantitative estimate of drug-likeness (QED) is 0.419. The summed E-state index contributed by atoms with van der Waals surface area (Å²) in [7, 11) is 0. The molecule has 0 heterocycles. The highest BCUT2D eigenvalue weighted by atomic mass is 32.2. The van der Waals surface area contributed by atoms with Crippen LogP contribution in [0.2, 0.25) is 0 Å². The Morgan fingerprint density at radius 1 is 0.485 bits per heavy atom. The molecule has 5 heteroatoms. The summed E-state index contributed by atoms with van der Waals surface area (Å²) in [4.78, 5) is 1.92. The number of hydrogen-bond acceptors (Lipinski definition) is 5. The van der Waals surface area contributed by atoms with Gasteiger partial charge in [-0.05, 0) is 45.9 Å². The van der Waals surface area contributed by atoms with Crippen molar-refractivity contribution in [3.63, 3.8) is 0 Å². The van der Waals surface area contributed by atoms with Crippen LogP contribution in [0.5, 0.6) is 11.5 Å². The molecule has 0 aliphatic rings. The highest BCUT2D eigenvalue weighted by Gasteiger charge is 2.28. The molecule has 0 saturated carbocycles. The van der Waals surface area contributed by atoms with E-state index in [1.165, 1.54) is 24.1 Å². The van der Waals surface area contributed by atoms with Crippen molar-refractivity contribution in [1.82, 2.24) is 0 Å². The van der Waals surface area contributed by atoms with Gasteiger partial charge in [-0.3, -0.25) is 0 Å². The topological polar surface area (TPSA) is 49.7 Å². The van der Waals surface area contributed by atoms with Crippen LogP contribution in [-0.4, -0.2) is 10.2 Å². The largest absolute Gasteiger partial charge is 0.507 e. The smallest absolute Gasteiger partial charge is 0.123 e. The molecule has 0 unspecified atom stereocenters. The molecule has 0 spiro atoms. The van der Waals surface area contributed by atoms with Crippen LogP contribution in [0, 0.1) is 0 Å². The fraction of sp³-hybridized carbons (Fsp3) is 0.571. The van der Waals surface area contributed by atoms with Gasteiger partial charge in [0, 0.05) is 56.1 Å². The van der Waals surface area contributed by atoms with Crippen molar-refractivity contribution in [2.24, 2.45) is 0 Å². The molecule has 0 aliphatic heterocycles. The van der Waals surface area contributed by atoms with Gasteiger partial charge in [-0.1, -0.05) is 83.1 Å². The summed E-state index contributed by atoms with van der Waals surface area (Å²) in [6.07, 6.45) is 0. The van der Waals surface area contributed by atoms with Crippen molar-refractivity contribution in [2.45, 2.75) is 115 Å². The van der Waals surface area contributed by atoms with E-state index in [1.54, 1.807) is 0 Å². The van der Waals surface area contributed by atoms with E-state index in [9.17, 15) is 10.2 Å². The molecule has 2 aromatic rings. The zero-order chi connectivity index (χ0) is 25.6. The molecule has 0 radical (unpaired) electrons. The van der Waals surface area contributed by atoms with Gasteiger partial charge >= 0.3 is 0 Å². The van der Waals surface area contributed by atoms with E-state index in [-0.39, 0.29) is 21.7 Å². The van der Waals surface area contributed by atoms with Crippen molar-refractivity contribution >= 4 is 24.1 Å². The molecule has 0 bridgehead atoms. The van der Waals surface area contributed by atoms with E-state index in [0.29, 0.717) is 11.5 Å². The molecule has 184 valence electrons. The standard InChI is InChI=1S/C28H42O3S2/c1-25(2,3)19-13-17(14-20(23(19)29)26(4,5)6)32-31-33-18-15-21(27(7,8)9)24(30)22(16-18)28(10,11)12/h13-16,29-30H,1-12H3. The summed E-state index contributed by atoms with van der Waals surface area (Å²) < 4.78 is 6.03. The van der Waals surface area contributed by atoms with Gasteiger partial charge in [0.2, 0.25) is 0 Å². The van der Waals surface area contributed by atoms with E-state index >= 15 is 0 Å². The van der Waals surface area contributed by atoms with Gasteiger partial charge in [0.25, 0.3) is 0 Å². The maximum atomic E-state index is 10.9. The van der Waals surface area contributed by atoms with Gasteiger partial charge in [-0.15, -0.1) is 0 Å². The van der Waals surface area contributed by atoms with E-state index in [1.807, 2.05) is 24.3 Å². The predicted octanol–water partition coefficient (Wildman–Crippen LogP) is 9.02. The van der Waals surface area contributed by atoms with Crippen LogP contribution in [0.4, 0.5) is 0 Å². The Morgan fingerprint density at radius 2 is 0.697 bits per heavy atom. The fourth-order valence-corrected chi connectivity index (χ4v) is 5.12. The van der Waals surface area contributed by atoms with Gasteiger partial charge in [-0.25, -0.2) is 3.63 Å². The average Bonchev–Trinajstić information content (AvgIpc) is 2.60. The Morgan fingerprint density at radius 3 is 0.879 bits per heavy atom. The molecule has 2 N–H and O–H groups in total. The molecule has 3 nitrogen and oxygen atoms in total. The molecular formula is C28H42O3S2. The van der Waals surface area contributed by atoms with E-state index in [0.717, 1.165) is 32.0 Å². The third-order valence-corrected chi connectivity index (χ3v) is 7.06. The summed E-state index contributed by atoms with van der Waals surface area (Å²) in [5.41, 5.74) is 2.92. The van der Waals surface area contributed by atoms with Crippen molar-refractivity contribution in [2.75, 3.05) is 0 Å². The maximum Gasteiger partial charge on any atom is 0.123 e. The minimum Gasteiger partial charge on any atom is -0.507 e. The molecule has 33 heavy (non-hydrogen) atoms. The van der Waals surface area contributed by atoms with Crippen LogP contribution in [-0.2, 0) is 25.3 Å². The van der Waals surface area contributed by atoms with Gasteiger partial charge in [-0.2, -0.15) is 0 Å². The number of hydrogen-bond donors (Lipinski definition) is 2. The lowest BCUT2D eigenvalue weighted by Crippen LogP contribution is -2.17. The number of phenols is 2. The first-order chi connectivity index (χ1) is 14.7. The zero-order valence-corrected chi connectivity index (χ0v) is 24.1. The molecule has 0 amide bonds. The lowest BCUT2D eigenvalue weighted by molar-refractivity contribution is 0.421. The van der Waals surface area contributed by atoms with Crippen molar-refractivity contribution in [1.29, 1.82) is 0 Å². The Hall–Kier alpha value is -1.30. The van der Waals surface area contributed by atoms with Crippen LogP contribution in [0.3, 0.4) is 0 Å². The number of rotatable bonds is 4. The van der Waals surface area contributed by atoms with Crippen molar-refractivity contribution in [3.8, 4) is 11.5 Å². The number of aromatic hydroxyl groups is 2. The number of phenolic OH excluding ortho intramolecular Hbond substituents is 2. The first kappa shape index (κ1) is 27.9. The molecule has 0 atom stereocenters. The predicted molar refractivity (Wildman–Crippen MR) is 144 cm³/mol. The van der Waals surface area contributed by atoms with Crippen LogP contribution in [0.15, 0.2) is 34.1 Å². The molecular weight excluding hydrogens is 448 g/mol. The summed E-state index contributed by atoms with van der Waals surface area (Å²) in [6.45, 7) is 25.3. The van der Waals surface area contributed by atoms with Gasteiger partial charge in [0.05, 0.1) is 0 Å². The highest BCUT2D eigenvalue weighted by Crippen LogP contribution is 2.45. The number of benzene rings is 2. The first-order valence-electron chi connectivity index (χ1n) is 11.5. The normalized spacial score (nSPS) is 13.5. The molecule has 0 fully saturated rings. The second kappa shape index (κ2) is 9.39. The second-order valence-electron chi connectivity index (χ2n) is 13.0. The maximum absolute atomic E-state index is 10.9. The van der Waals surface area contributed by atoms with Gasteiger partial charge < -0.3 is 10.2 Å².